The number of nitrogens with one attached hydrogen (secondary N) is 1. The smallest absolute Gasteiger partial charge is 0.183 e. The van der Waals surface area contributed by atoms with Gasteiger partial charge in [0.2, 0.25) is 0 Å². The van der Waals surface area contributed by atoms with Crippen LogP contribution in [-0.4, -0.2) is 10.1 Å². The molecule has 0 aliphatic heterocycles. The number of benzene rings is 1. The Morgan fingerprint density at radius 2 is 2.25 bits per heavy atom. The highest BCUT2D eigenvalue weighted by atomic mass is 32.1. The molecule has 0 saturated heterocycles. The lowest BCUT2D eigenvalue weighted by Crippen LogP contribution is -2.06. The normalized spacial score (nSPS) is 12.4. The summed E-state index contributed by atoms with van der Waals surface area (Å²) in [6.45, 7) is 3.97. The number of nitrogens with zero attached hydrogens (tertiary/aromatic N) is 1. The summed E-state index contributed by atoms with van der Waals surface area (Å²) in [7, 11) is 0. The van der Waals surface area contributed by atoms with Crippen LogP contribution < -0.4 is 5.32 Å². The van der Waals surface area contributed by atoms with Gasteiger partial charge in [0.05, 0.1) is 6.04 Å². The molecule has 0 bridgehead atoms. The first-order valence-corrected chi connectivity index (χ1v) is 6.00. The first-order valence-electron chi connectivity index (χ1n) is 5.12. The number of rotatable bonds is 3. The van der Waals surface area contributed by atoms with Crippen molar-refractivity contribution >= 4 is 16.5 Å². The largest absolute Gasteiger partial charge is 0.508 e. The quantitative estimate of drug-likeness (QED) is 0.856. The van der Waals surface area contributed by atoms with Crippen LogP contribution in [0.5, 0.6) is 5.75 Å². The second kappa shape index (κ2) is 4.53. The lowest BCUT2D eigenvalue weighted by atomic mass is 10.1. The topological polar surface area (TPSA) is 45.2 Å². The van der Waals surface area contributed by atoms with Gasteiger partial charge in [-0.1, -0.05) is 12.1 Å². The predicted molar refractivity (Wildman–Crippen MR) is 67.0 cm³/mol. The molecule has 3 nitrogen and oxygen atoms in total. The fourth-order valence-corrected chi connectivity index (χ4v) is 2.19. The van der Waals surface area contributed by atoms with Gasteiger partial charge in [0.25, 0.3) is 0 Å². The summed E-state index contributed by atoms with van der Waals surface area (Å²) in [5, 5.41) is 15.9. The minimum absolute atomic E-state index is 0.0479. The summed E-state index contributed by atoms with van der Waals surface area (Å²) in [5.41, 5.74) is 1.95. The lowest BCUT2D eigenvalue weighted by Gasteiger charge is -2.15. The van der Waals surface area contributed by atoms with E-state index in [-0.39, 0.29) is 6.04 Å². The fourth-order valence-electron chi connectivity index (χ4n) is 1.58. The number of hydrogen-bond acceptors (Lipinski definition) is 4. The minimum atomic E-state index is 0.0479. The van der Waals surface area contributed by atoms with Crippen molar-refractivity contribution in [1.29, 1.82) is 0 Å². The molecular weight excluding hydrogens is 220 g/mol. The van der Waals surface area contributed by atoms with Gasteiger partial charge in [-0.3, -0.25) is 0 Å². The number of aryl methyl sites for hydroxylation is 1. The Labute approximate surface area is 98.8 Å². The van der Waals surface area contributed by atoms with Crippen molar-refractivity contribution in [2.24, 2.45) is 0 Å². The van der Waals surface area contributed by atoms with E-state index < -0.39 is 0 Å². The molecule has 1 aromatic heterocycles. The molecule has 1 unspecified atom stereocenters. The zero-order chi connectivity index (χ0) is 11.5. The molecule has 1 atom stereocenters. The number of thiazole rings is 1. The van der Waals surface area contributed by atoms with Gasteiger partial charge in [-0.25, -0.2) is 4.98 Å². The Bertz CT molecular complexity index is 468. The Morgan fingerprint density at radius 3 is 2.88 bits per heavy atom. The Hall–Kier alpha value is -1.55. The molecule has 0 radical (unpaired) electrons. The molecule has 2 N–H and O–H groups in total. The Kier molecular flexibility index (Phi) is 3.10. The van der Waals surface area contributed by atoms with Gasteiger partial charge in [-0.15, -0.1) is 11.3 Å². The summed E-state index contributed by atoms with van der Waals surface area (Å²) in [6.07, 6.45) is 1.76. The van der Waals surface area contributed by atoms with Gasteiger partial charge in [0.15, 0.2) is 5.13 Å². The van der Waals surface area contributed by atoms with Crippen molar-refractivity contribution in [3.8, 4) is 5.75 Å². The van der Waals surface area contributed by atoms with Gasteiger partial charge in [0, 0.05) is 17.1 Å². The first-order chi connectivity index (χ1) is 7.66. The summed E-state index contributed by atoms with van der Waals surface area (Å²) in [6, 6.07) is 5.76. The molecule has 1 heterocycles. The van der Waals surface area contributed by atoms with E-state index in [0.29, 0.717) is 5.75 Å². The van der Waals surface area contributed by atoms with Crippen LogP contribution >= 0.6 is 11.3 Å². The third-order valence-electron chi connectivity index (χ3n) is 2.42. The van der Waals surface area contributed by atoms with E-state index in [1.807, 2.05) is 31.4 Å². The van der Waals surface area contributed by atoms with Crippen molar-refractivity contribution in [3.63, 3.8) is 0 Å². The van der Waals surface area contributed by atoms with Crippen molar-refractivity contribution in [3.05, 3.63) is 40.9 Å². The van der Waals surface area contributed by atoms with Crippen LogP contribution in [0, 0.1) is 6.92 Å². The van der Waals surface area contributed by atoms with Crippen LogP contribution in [0.2, 0.25) is 0 Å². The molecule has 0 aliphatic carbocycles. The van der Waals surface area contributed by atoms with Gasteiger partial charge < -0.3 is 10.4 Å². The SMILES string of the molecule is Cc1ccc(C(C)Nc2nccs2)c(O)c1. The van der Waals surface area contributed by atoms with Crippen LogP contribution in [0.25, 0.3) is 0 Å². The van der Waals surface area contributed by atoms with Gasteiger partial charge in [-0.05, 0) is 25.5 Å². The number of anilines is 1. The van der Waals surface area contributed by atoms with E-state index >= 15 is 0 Å². The van der Waals surface area contributed by atoms with Crippen LogP contribution in [0.1, 0.15) is 24.1 Å². The minimum Gasteiger partial charge on any atom is -0.508 e. The second-order valence-electron chi connectivity index (χ2n) is 3.77. The third kappa shape index (κ3) is 2.33. The van der Waals surface area contributed by atoms with E-state index in [2.05, 4.69) is 10.3 Å². The number of aromatic nitrogens is 1. The molecule has 84 valence electrons. The molecule has 2 aromatic rings. The highest BCUT2D eigenvalue weighted by Crippen LogP contribution is 2.28. The van der Waals surface area contributed by atoms with Crippen LogP contribution in [0.3, 0.4) is 0 Å². The highest BCUT2D eigenvalue weighted by Gasteiger charge is 2.10. The van der Waals surface area contributed by atoms with E-state index in [0.717, 1.165) is 16.3 Å². The number of phenols is 1. The maximum atomic E-state index is 9.83. The van der Waals surface area contributed by atoms with Crippen LogP contribution in [0.4, 0.5) is 5.13 Å². The third-order valence-corrected chi connectivity index (χ3v) is 3.13. The predicted octanol–water partition coefficient (Wildman–Crippen LogP) is 3.33. The molecule has 1 aromatic carbocycles. The zero-order valence-corrected chi connectivity index (χ0v) is 10.1. The summed E-state index contributed by atoms with van der Waals surface area (Å²) >= 11 is 1.55. The average molecular weight is 234 g/mol. The summed E-state index contributed by atoms with van der Waals surface area (Å²) in [4.78, 5) is 4.15. The monoisotopic (exact) mass is 234 g/mol. The summed E-state index contributed by atoms with van der Waals surface area (Å²) in [5.74, 6) is 0.330. The van der Waals surface area contributed by atoms with Crippen molar-refractivity contribution in [2.75, 3.05) is 5.32 Å². The van der Waals surface area contributed by atoms with Crippen LogP contribution in [0.15, 0.2) is 29.8 Å². The molecule has 4 heteroatoms. The number of aromatic hydroxyl groups is 1. The van der Waals surface area contributed by atoms with Gasteiger partial charge in [-0.2, -0.15) is 0 Å². The lowest BCUT2D eigenvalue weighted by molar-refractivity contribution is 0.465. The van der Waals surface area contributed by atoms with E-state index in [4.69, 9.17) is 0 Å². The molecule has 0 spiro atoms. The van der Waals surface area contributed by atoms with E-state index in [1.165, 1.54) is 0 Å². The van der Waals surface area contributed by atoms with E-state index in [1.54, 1.807) is 23.6 Å². The molecule has 2 rings (SSSR count). The standard InChI is InChI=1S/C12H14N2OS/c1-8-3-4-10(11(15)7-8)9(2)14-12-13-5-6-16-12/h3-7,9,15H,1-2H3,(H,13,14). The van der Waals surface area contributed by atoms with Crippen molar-refractivity contribution < 1.29 is 5.11 Å². The molecule has 16 heavy (non-hydrogen) atoms. The molecule has 0 amide bonds. The maximum Gasteiger partial charge on any atom is 0.183 e. The molecule has 0 saturated carbocycles. The van der Waals surface area contributed by atoms with Crippen molar-refractivity contribution in [2.45, 2.75) is 19.9 Å². The van der Waals surface area contributed by atoms with Gasteiger partial charge in [0.1, 0.15) is 5.75 Å². The Morgan fingerprint density at radius 1 is 1.44 bits per heavy atom. The first kappa shape index (κ1) is 11.0. The maximum absolute atomic E-state index is 9.83. The molecular formula is C12H14N2OS. The number of phenolic OH excluding ortho intramolecular Hbond substituents is 1. The van der Waals surface area contributed by atoms with Gasteiger partial charge >= 0.3 is 0 Å². The number of hydrogen-bond donors (Lipinski definition) is 2. The highest BCUT2D eigenvalue weighted by molar-refractivity contribution is 7.13. The zero-order valence-electron chi connectivity index (χ0n) is 9.27. The molecule has 0 fully saturated rings. The fraction of sp³-hybridized carbons (Fsp3) is 0.250. The average Bonchev–Trinajstić information content (AvgIpc) is 2.70. The van der Waals surface area contributed by atoms with Crippen LogP contribution in [-0.2, 0) is 0 Å². The molecule has 0 aliphatic rings. The van der Waals surface area contributed by atoms with Crippen molar-refractivity contribution in [1.82, 2.24) is 4.98 Å². The summed E-state index contributed by atoms with van der Waals surface area (Å²) < 4.78 is 0. The van der Waals surface area contributed by atoms with E-state index in [9.17, 15) is 5.11 Å². The second-order valence-corrected chi connectivity index (χ2v) is 4.66. The Balaban J connectivity index is 2.17.